The number of ether oxygens (including phenoxy) is 1. The third-order valence-corrected chi connectivity index (χ3v) is 11.6. The predicted molar refractivity (Wildman–Crippen MR) is 170 cm³/mol. The molecule has 0 radical (unpaired) electrons. The molecule has 3 amide bonds. The number of aromatic nitrogens is 1. The summed E-state index contributed by atoms with van der Waals surface area (Å²) in [5, 5.41) is 12.9. The van der Waals surface area contributed by atoms with Gasteiger partial charge < -0.3 is 29.6 Å². The standard InChI is InChI=1S/C32H34F2N5O7PS/c1-46-28-8-4-7-23(36-28)22-17-38(16-19(22)15-35)31(42)25-11-10-21-5-2-3-6-24(30(41)39(21)25)37-29(40)27-14-18-13-20(9-12-26(18)48-27)32(33,34)47(43,44)45/h4,7-9,12-14,19,21-22,24-25H,2-3,5-6,10-11,16-17H2,1H3,(H,37,40)(H2,43,44,45)/t19-,21-,22-,24-,25-/m0/s1. The first-order chi connectivity index (χ1) is 22.8. The molecule has 254 valence electrons. The third kappa shape index (κ3) is 6.30. The number of methoxy groups -OCH3 is 1. The van der Waals surface area contributed by atoms with Gasteiger partial charge in [-0.25, -0.2) is 4.98 Å². The second kappa shape index (κ2) is 13.2. The summed E-state index contributed by atoms with van der Waals surface area (Å²) >= 11 is 1.000. The van der Waals surface area contributed by atoms with Crippen molar-refractivity contribution in [1.82, 2.24) is 20.1 Å². The van der Waals surface area contributed by atoms with E-state index < -0.39 is 42.7 Å². The average Bonchev–Trinajstić information content (AvgIpc) is 3.80. The number of thiophene rings is 1. The minimum atomic E-state index is -5.77. The monoisotopic (exact) mass is 701 g/mol. The summed E-state index contributed by atoms with van der Waals surface area (Å²) < 4.78 is 45.7. The number of benzene rings is 1. The first-order valence-electron chi connectivity index (χ1n) is 15.6. The van der Waals surface area contributed by atoms with Crippen molar-refractivity contribution in [3.63, 3.8) is 0 Å². The Morgan fingerprint density at radius 1 is 1.12 bits per heavy atom. The summed E-state index contributed by atoms with van der Waals surface area (Å²) in [6.07, 6.45) is 3.65. The number of rotatable bonds is 7. The predicted octanol–water partition coefficient (Wildman–Crippen LogP) is 4.33. The Bertz CT molecular complexity index is 1840. The lowest BCUT2D eigenvalue weighted by Gasteiger charge is -2.36. The van der Waals surface area contributed by atoms with E-state index in [1.807, 2.05) is 0 Å². The summed E-state index contributed by atoms with van der Waals surface area (Å²) in [7, 11) is -4.27. The summed E-state index contributed by atoms with van der Waals surface area (Å²) in [6, 6.07) is 10.2. The number of carbonyl (C=O) groups excluding carboxylic acids is 3. The quantitative estimate of drug-likeness (QED) is 0.303. The van der Waals surface area contributed by atoms with Gasteiger partial charge in [0.05, 0.1) is 29.7 Å². The topological polar surface area (TPSA) is 173 Å². The maximum atomic E-state index is 14.3. The van der Waals surface area contributed by atoms with Gasteiger partial charge in [0, 0.05) is 41.4 Å². The van der Waals surface area contributed by atoms with E-state index in [0.717, 1.165) is 36.3 Å². The number of hydrogen-bond donors (Lipinski definition) is 3. The molecule has 3 saturated heterocycles. The minimum absolute atomic E-state index is 0.138. The molecule has 48 heavy (non-hydrogen) atoms. The molecule has 0 spiro atoms. The van der Waals surface area contributed by atoms with Crippen LogP contribution in [-0.2, 0) is 19.8 Å². The zero-order valence-electron chi connectivity index (χ0n) is 25.9. The number of nitriles is 1. The summed E-state index contributed by atoms with van der Waals surface area (Å²) in [4.78, 5) is 67.6. The number of halogens is 2. The number of alkyl halides is 2. The van der Waals surface area contributed by atoms with Crippen LogP contribution in [0.4, 0.5) is 8.78 Å². The third-order valence-electron chi connectivity index (χ3n) is 9.51. The summed E-state index contributed by atoms with van der Waals surface area (Å²) in [5.74, 6) is -1.59. The normalized spacial score (nSPS) is 24.9. The van der Waals surface area contributed by atoms with Gasteiger partial charge in [-0.05, 0) is 55.3 Å². The summed E-state index contributed by atoms with van der Waals surface area (Å²) in [6.45, 7) is 0.477. The molecule has 3 aliphatic rings. The highest BCUT2D eigenvalue weighted by molar-refractivity contribution is 7.52. The highest BCUT2D eigenvalue weighted by Gasteiger charge is 2.51. The Morgan fingerprint density at radius 3 is 2.62 bits per heavy atom. The van der Waals surface area contributed by atoms with Crippen molar-refractivity contribution in [2.24, 2.45) is 5.92 Å². The van der Waals surface area contributed by atoms with Crippen molar-refractivity contribution < 1.29 is 42.3 Å². The van der Waals surface area contributed by atoms with Crippen LogP contribution in [0.1, 0.15) is 65.4 Å². The van der Waals surface area contributed by atoms with Crippen molar-refractivity contribution in [2.45, 2.75) is 68.2 Å². The molecule has 0 bridgehead atoms. The molecule has 3 fully saturated rings. The highest BCUT2D eigenvalue weighted by atomic mass is 32.1. The number of amides is 3. The SMILES string of the molecule is COc1cccc([C@H]2CN(C(=O)[C@@H]3CC[C@@H]4CCCC[C@H](NC(=O)c5cc6cc(C(F)(F)P(=O)(O)O)ccc6s5)C(=O)N43)C[C@@H]2C#N)n1. The lowest BCUT2D eigenvalue weighted by Crippen LogP contribution is -2.56. The molecule has 5 heterocycles. The molecule has 6 rings (SSSR count). The van der Waals surface area contributed by atoms with Gasteiger partial charge in [-0.3, -0.25) is 18.9 Å². The van der Waals surface area contributed by atoms with Crippen molar-refractivity contribution in [3.8, 4) is 11.9 Å². The van der Waals surface area contributed by atoms with Crippen LogP contribution in [0.2, 0.25) is 0 Å². The van der Waals surface area contributed by atoms with E-state index in [0.29, 0.717) is 42.0 Å². The summed E-state index contributed by atoms with van der Waals surface area (Å²) in [5.41, 5.74) is -4.61. The molecule has 12 nitrogen and oxygen atoms in total. The van der Waals surface area contributed by atoms with E-state index >= 15 is 0 Å². The Balaban J connectivity index is 1.19. The maximum absolute atomic E-state index is 14.3. The Labute approximate surface area is 278 Å². The van der Waals surface area contributed by atoms with Crippen molar-refractivity contribution >= 4 is 46.7 Å². The number of hydrogen-bond acceptors (Lipinski definition) is 8. The zero-order chi connectivity index (χ0) is 34.4. The molecule has 5 atom stereocenters. The Morgan fingerprint density at radius 2 is 1.90 bits per heavy atom. The number of pyridine rings is 1. The molecule has 3 aliphatic heterocycles. The van der Waals surface area contributed by atoms with E-state index in [1.54, 1.807) is 28.0 Å². The van der Waals surface area contributed by atoms with Gasteiger partial charge in [0.25, 0.3) is 5.91 Å². The molecule has 0 unspecified atom stereocenters. The first-order valence-corrected chi connectivity index (χ1v) is 18.0. The average molecular weight is 702 g/mol. The number of nitrogens with one attached hydrogen (secondary N) is 1. The maximum Gasteiger partial charge on any atom is 0.399 e. The molecule has 16 heteroatoms. The van der Waals surface area contributed by atoms with Crippen molar-refractivity contribution in [3.05, 3.63) is 58.6 Å². The second-order valence-electron chi connectivity index (χ2n) is 12.4. The fourth-order valence-electron chi connectivity index (χ4n) is 7.02. The van der Waals surface area contributed by atoms with Crippen LogP contribution in [0.3, 0.4) is 0 Å². The first kappa shape index (κ1) is 33.9. The van der Waals surface area contributed by atoms with Crippen LogP contribution in [0, 0.1) is 17.2 Å². The fraction of sp³-hybridized carbons (Fsp3) is 0.469. The Kier molecular flexibility index (Phi) is 9.30. The highest BCUT2D eigenvalue weighted by Crippen LogP contribution is 2.59. The van der Waals surface area contributed by atoms with Gasteiger partial charge in [0.15, 0.2) is 0 Å². The van der Waals surface area contributed by atoms with Crippen LogP contribution >= 0.6 is 18.9 Å². The largest absolute Gasteiger partial charge is 0.481 e. The number of likely N-dealkylation sites (tertiary alicyclic amines) is 1. The van der Waals surface area contributed by atoms with E-state index in [-0.39, 0.29) is 47.1 Å². The van der Waals surface area contributed by atoms with Crippen molar-refractivity contribution in [1.29, 1.82) is 5.26 Å². The van der Waals surface area contributed by atoms with Crippen LogP contribution in [0.5, 0.6) is 5.88 Å². The second-order valence-corrected chi connectivity index (χ2v) is 15.2. The minimum Gasteiger partial charge on any atom is -0.481 e. The van der Waals surface area contributed by atoms with Crippen LogP contribution < -0.4 is 10.1 Å². The van der Waals surface area contributed by atoms with E-state index in [1.165, 1.54) is 19.2 Å². The van der Waals surface area contributed by atoms with Crippen LogP contribution in [-0.4, -0.2) is 80.6 Å². The van der Waals surface area contributed by atoms with Crippen LogP contribution in [0.15, 0.2) is 42.5 Å². The molecule has 2 aromatic heterocycles. The number of carbonyl (C=O) groups is 3. The van der Waals surface area contributed by atoms with Gasteiger partial charge in [-0.15, -0.1) is 11.3 Å². The zero-order valence-corrected chi connectivity index (χ0v) is 27.6. The van der Waals surface area contributed by atoms with Gasteiger partial charge in [-0.1, -0.05) is 25.0 Å². The molecular weight excluding hydrogens is 667 g/mol. The van der Waals surface area contributed by atoms with Crippen molar-refractivity contribution in [2.75, 3.05) is 20.2 Å². The number of fused-ring (bicyclic) bond motifs is 2. The molecular formula is C32H34F2N5O7PS. The van der Waals surface area contributed by atoms with Gasteiger partial charge >= 0.3 is 13.3 Å². The Hall–Kier alpha value is -3.96. The van der Waals surface area contributed by atoms with Gasteiger partial charge in [-0.2, -0.15) is 14.0 Å². The van der Waals surface area contributed by atoms with Crippen LogP contribution in [0.25, 0.3) is 10.1 Å². The smallest absolute Gasteiger partial charge is 0.399 e. The van der Waals surface area contributed by atoms with E-state index in [4.69, 9.17) is 14.5 Å². The van der Waals surface area contributed by atoms with E-state index in [9.17, 15) is 33.0 Å². The van der Waals surface area contributed by atoms with E-state index in [2.05, 4.69) is 16.4 Å². The van der Waals surface area contributed by atoms with Gasteiger partial charge in [0.2, 0.25) is 17.7 Å². The molecule has 1 aromatic carbocycles. The molecule has 0 saturated carbocycles. The lowest BCUT2D eigenvalue weighted by molar-refractivity contribution is -0.146. The lowest BCUT2D eigenvalue weighted by atomic mass is 9.94. The van der Waals surface area contributed by atoms with Gasteiger partial charge in [0.1, 0.15) is 12.1 Å². The molecule has 3 N–H and O–H groups in total. The molecule has 3 aromatic rings. The molecule has 0 aliphatic carbocycles. The fourth-order valence-corrected chi connectivity index (χ4v) is 8.45. The number of nitrogens with zero attached hydrogens (tertiary/aromatic N) is 4.